The summed E-state index contributed by atoms with van der Waals surface area (Å²) in [6.45, 7) is 3.86. The van der Waals surface area contributed by atoms with Crippen LogP contribution in [0.2, 0.25) is 5.02 Å². The van der Waals surface area contributed by atoms with Crippen molar-refractivity contribution >= 4 is 11.6 Å². The maximum absolute atomic E-state index is 14.0. The van der Waals surface area contributed by atoms with Gasteiger partial charge in [0.25, 0.3) is 0 Å². The fourth-order valence-corrected chi connectivity index (χ4v) is 2.34. The van der Waals surface area contributed by atoms with Gasteiger partial charge in [0, 0.05) is 16.1 Å². The zero-order chi connectivity index (χ0) is 14.7. The maximum Gasteiger partial charge on any atom is 0.129 e. The fraction of sp³-hybridized carbons (Fsp3) is 0.250. The lowest BCUT2D eigenvalue weighted by atomic mass is 9.98. The van der Waals surface area contributed by atoms with Crippen molar-refractivity contribution in [2.45, 2.75) is 26.0 Å². The predicted molar refractivity (Wildman–Crippen MR) is 79.6 cm³/mol. The topological polar surface area (TPSA) is 35.2 Å². The van der Waals surface area contributed by atoms with E-state index >= 15 is 0 Å². The first-order chi connectivity index (χ1) is 9.50. The molecule has 0 aliphatic heterocycles. The minimum absolute atomic E-state index is 0.0134. The summed E-state index contributed by atoms with van der Waals surface area (Å²) >= 11 is 6.07. The Morgan fingerprint density at radius 3 is 2.45 bits per heavy atom. The molecule has 4 heteroatoms. The first kappa shape index (κ1) is 14.8. The lowest BCUT2D eigenvalue weighted by Gasteiger charge is -2.20. The Morgan fingerprint density at radius 2 is 1.80 bits per heavy atom. The van der Waals surface area contributed by atoms with Gasteiger partial charge in [-0.3, -0.25) is 0 Å². The molecule has 0 heterocycles. The van der Waals surface area contributed by atoms with Crippen LogP contribution >= 0.6 is 11.6 Å². The number of nitrogens with two attached hydrogens (primary N) is 1. The van der Waals surface area contributed by atoms with E-state index in [9.17, 15) is 4.39 Å². The van der Waals surface area contributed by atoms with Gasteiger partial charge in [-0.2, -0.15) is 0 Å². The van der Waals surface area contributed by atoms with Crippen molar-refractivity contribution in [1.82, 2.24) is 0 Å². The first-order valence-electron chi connectivity index (χ1n) is 6.45. The SMILES string of the molecule is CC(C)Oc1ccccc1C(N)c1c(F)cccc1Cl. The Labute approximate surface area is 123 Å². The zero-order valence-electron chi connectivity index (χ0n) is 11.4. The molecule has 0 radical (unpaired) electrons. The molecule has 1 unspecified atom stereocenters. The summed E-state index contributed by atoms with van der Waals surface area (Å²) in [5, 5.41) is 0.317. The van der Waals surface area contributed by atoms with Crippen LogP contribution in [0.5, 0.6) is 5.75 Å². The van der Waals surface area contributed by atoms with Gasteiger partial charge in [-0.05, 0) is 32.0 Å². The van der Waals surface area contributed by atoms with Gasteiger partial charge >= 0.3 is 0 Å². The van der Waals surface area contributed by atoms with E-state index in [1.54, 1.807) is 12.1 Å². The molecule has 0 aromatic heterocycles. The second-order valence-corrected chi connectivity index (χ2v) is 5.22. The molecule has 0 fully saturated rings. The molecule has 20 heavy (non-hydrogen) atoms. The number of para-hydroxylation sites is 1. The summed E-state index contributed by atoms with van der Waals surface area (Å²) < 4.78 is 19.7. The third-order valence-electron chi connectivity index (χ3n) is 2.93. The van der Waals surface area contributed by atoms with Gasteiger partial charge in [-0.25, -0.2) is 4.39 Å². The van der Waals surface area contributed by atoms with Crippen molar-refractivity contribution in [2.75, 3.05) is 0 Å². The summed E-state index contributed by atoms with van der Waals surface area (Å²) in [4.78, 5) is 0. The highest BCUT2D eigenvalue weighted by molar-refractivity contribution is 6.31. The molecule has 0 amide bonds. The molecule has 0 bridgehead atoms. The lowest BCUT2D eigenvalue weighted by molar-refractivity contribution is 0.239. The van der Waals surface area contributed by atoms with Crippen LogP contribution in [0.25, 0.3) is 0 Å². The molecule has 0 aliphatic carbocycles. The molecule has 0 saturated carbocycles. The highest BCUT2D eigenvalue weighted by Gasteiger charge is 2.20. The molecular formula is C16H17ClFNO. The van der Waals surface area contributed by atoms with E-state index in [0.29, 0.717) is 16.3 Å². The van der Waals surface area contributed by atoms with Gasteiger partial charge in [0.15, 0.2) is 0 Å². The van der Waals surface area contributed by atoms with Crippen LogP contribution < -0.4 is 10.5 Å². The minimum Gasteiger partial charge on any atom is -0.491 e. The minimum atomic E-state index is -0.668. The molecule has 2 N–H and O–H groups in total. The molecule has 2 nitrogen and oxygen atoms in total. The lowest BCUT2D eigenvalue weighted by Crippen LogP contribution is -2.17. The average Bonchev–Trinajstić information content (AvgIpc) is 2.38. The smallest absolute Gasteiger partial charge is 0.129 e. The Balaban J connectivity index is 2.46. The van der Waals surface area contributed by atoms with Gasteiger partial charge < -0.3 is 10.5 Å². The molecule has 0 spiro atoms. The van der Waals surface area contributed by atoms with Gasteiger partial charge in [-0.15, -0.1) is 0 Å². The highest BCUT2D eigenvalue weighted by Crippen LogP contribution is 2.33. The van der Waals surface area contributed by atoms with E-state index in [1.165, 1.54) is 6.07 Å². The van der Waals surface area contributed by atoms with E-state index in [-0.39, 0.29) is 11.7 Å². The third-order valence-corrected chi connectivity index (χ3v) is 3.26. The number of benzene rings is 2. The Bertz CT molecular complexity index is 581. The second-order valence-electron chi connectivity index (χ2n) is 4.82. The second kappa shape index (κ2) is 6.25. The van der Waals surface area contributed by atoms with Gasteiger partial charge in [0.2, 0.25) is 0 Å². The first-order valence-corrected chi connectivity index (χ1v) is 6.83. The predicted octanol–water partition coefficient (Wildman–Crippen LogP) is 4.31. The summed E-state index contributed by atoms with van der Waals surface area (Å²) in [7, 11) is 0. The van der Waals surface area contributed by atoms with Crippen molar-refractivity contribution < 1.29 is 9.13 Å². The van der Waals surface area contributed by atoms with Crippen LogP contribution in [-0.4, -0.2) is 6.10 Å². The summed E-state index contributed by atoms with van der Waals surface area (Å²) in [6.07, 6.45) is 0.0134. The monoisotopic (exact) mass is 293 g/mol. The maximum atomic E-state index is 14.0. The summed E-state index contributed by atoms with van der Waals surface area (Å²) in [5.41, 5.74) is 7.19. The Hall–Kier alpha value is -1.58. The van der Waals surface area contributed by atoms with Crippen molar-refractivity contribution in [2.24, 2.45) is 5.73 Å². The largest absolute Gasteiger partial charge is 0.491 e. The third kappa shape index (κ3) is 3.11. The zero-order valence-corrected chi connectivity index (χ0v) is 12.2. The number of rotatable bonds is 4. The van der Waals surface area contributed by atoms with Crippen molar-refractivity contribution in [3.8, 4) is 5.75 Å². The molecule has 106 valence electrons. The van der Waals surface area contributed by atoms with Gasteiger partial charge in [0.1, 0.15) is 11.6 Å². The number of hydrogen-bond acceptors (Lipinski definition) is 2. The van der Waals surface area contributed by atoms with Crippen LogP contribution in [0.1, 0.15) is 31.0 Å². The fourth-order valence-electron chi connectivity index (χ4n) is 2.06. The number of hydrogen-bond donors (Lipinski definition) is 1. The van der Waals surface area contributed by atoms with Crippen molar-refractivity contribution in [1.29, 1.82) is 0 Å². The van der Waals surface area contributed by atoms with E-state index in [0.717, 1.165) is 0 Å². The summed E-state index contributed by atoms with van der Waals surface area (Å²) in [6, 6.07) is 11.2. The molecule has 2 aromatic rings. The van der Waals surface area contributed by atoms with Crippen LogP contribution in [-0.2, 0) is 0 Å². The average molecular weight is 294 g/mol. The van der Waals surface area contributed by atoms with Crippen LogP contribution in [0, 0.1) is 5.82 Å². The van der Waals surface area contributed by atoms with E-state index < -0.39 is 11.9 Å². The number of halogens is 2. The van der Waals surface area contributed by atoms with E-state index in [4.69, 9.17) is 22.1 Å². The highest BCUT2D eigenvalue weighted by atomic mass is 35.5. The molecule has 0 aliphatic rings. The van der Waals surface area contributed by atoms with Crippen molar-refractivity contribution in [3.63, 3.8) is 0 Å². The van der Waals surface area contributed by atoms with Gasteiger partial charge in [-0.1, -0.05) is 35.9 Å². The van der Waals surface area contributed by atoms with Gasteiger partial charge in [0.05, 0.1) is 12.1 Å². The molecular weight excluding hydrogens is 277 g/mol. The number of ether oxygens (including phenoxy) is 1. The van der Waals surface area contributed by atoms with Crippen molar-refractivity contribution in [3.05, 3.63) is 64.4 Å². The van der Waals surface area contributed by atoms with E-state index in [1.807, 2.05) is 38.1 Å². The van der Waals surface area contributed by atoms with Crippen LogP contribution in [0.4, 0.5) is 4.39 Å². The van der Waals surface area contributed by atoms with E-state index in [2.05, 4.69) is 0 Å². The van der Waals surface area contributed by atoms with Crippen LogP contribution in [0.3, 0.4) is 0 Å². The molecule has 1 atom stereocenters. The standard InChI is InChI=1S/C16H17ClFNO/c1-10(2)20-14-9-4-3-6-11(14)16(19)15-12(17)7-5-8-13(15)18/h3-10,16H,19H2,1-2H3. The Kier molecular flexibility index (Phi) is 4.63. The normalized spacial score (nSPS) is 12.5. The van der Waals surface area contributed by atoms with Crippen LogP contribution in [0.15, 0.2) is 42.5 Å². The molecule has 2 aromatic carbocycles. The molecule has 2 rings (SSSR count). The summed E-state index contributed by atoms with van der Waals surface area (Å²) in [5.74, 6) is 0.235. The Morgan fingerprint density at radius 1 is 1.10 bits per heavy atom. The molecule has 0 saturated heterocycles. The quantitative estimate of drug-likeness (QED) is 0.911.